The van der Waals surface area contributed by atoms with Gasteiger partial charge in [-0.2, -0.15) is 0 Å². The lowest BCUT2D eigenvalue weighted by Crippen LogP contribution is -2.62. The molecule has 20 heavy (non-hydrogen) atoms. The predicted octanol–water partition coefficient (Wildman–Crippen LogP) is 1.78. The van der Waals surface area contributed by atoms with E-state index in [1.165, 1.54) is 9.13 Å². The molecular weight excluding hydrogens is 365 g/mol. The molecular formula is C15H24IN3O. The van der Waals surface area contributed by atoms with Gasteiger partial charge < -0.3 is 4.74 Å². The summed E-state index contributed by atoms with van der Waals surface area (Å²) in [5.41, 5.74) is 4.33. The van der Waals surface area contributed by atoms with Crippen LogP contribution in [0.3, 0.4) is 0 Å². The maximum absolute atomic E-state index is 5.83. The monoisotopic (exact) mass is 389 g/mol. The zero-order valence-electron chi connectivity index (χ0n) is 12.2. The standard InChI is InChI=1S/C15H24IN3O/c1-15(2,19-7-9-20-10-8-19)14(18-17)11-12-3-5-13(16)6-4-12/h3-6,14,18H,7-11,17H2,1-2H3. The quantitative estimate of drug-likeness (QED) is 0.458. The van der Waals surface area contributed by atoms with Gasteiger partial charge in [-0.05, 0) is 60.6 Å². The molecule has 1 aliphatic rings. The minimum atomic E-state index is 0.00151. The number of halogens is 1. The molecule has 0 aliphatic carbocycles. The summed E-state index contributed by atoms with van der Waals surface area (Å²) in [6.45, 7) is 8.08. The Bertz CT molecular complexity index is 416. The average molecular weight is 389 g/mol. The molecule has 1 aliphatic heterocycles. The molecule has 1 heterocycles. The number of hydrogen-bond acceptors (Lipinski definition) is 4. The normalized spacial score (nSPS) is 19.0. The van der Waals surface area contributed by atoms with E-state index >= 15 is 0 Å². The molecule has 1 unspecified atom stereocenters. The van der Waals surface area contributed by atoms with E-state index < -0.39 is 0 Å². The van der Waals surface area contributed by atoms with E-state index in [1.807, 2.05) is 0 Å². The fourth-order valence-electron chi connectivity index (χ4n) is 2.73. The number of hydrogen-bond donors (Lipinski definition) is 2. The highest BCUT2D eigenvalue weighted by Gasteiger charge is 2.35. The van der Waals surface area contributed by atoms with Crippen molar-refractivity contribution in [2.75, 3.05) is 26.3 Å². The van der Waals surface area contributed by atoms with Crippen molar-refractivity contribution in [3.8, 4) is 0 Å². The molecule has 3 N–H and O–H groups in total. The third-order valence-electron chi connectivity index (χ3n) is 4.23. The summed E-state index contributed by atoms with van der Waals surface area (Å²) in [6, 6.07) is 8.86. The van der Waals surface area contributed by atoms with Gasteiger partial charge in [0.1, 0.15) is 0 Å². The lowest BCUT2D eigenvalue weighted by molar-refractivity contribution is -0.0233. The van der Waals surface area contributed by atoms with Gasteiger partial charge in [-0.15, -0.1) is 0 Å². The Morgan fingerprint density at radius 2 is 1.90 bits per heavy atom. The Balaban J connectivity index is 2.07. The van der Waals surface area contributed by atoms with Gasteiger partial charge in [-0.3, -0.25) is 16.2 Å². The number of nitrogens with one attached hydrogen (secondary N) is 1. The first-order valence-corrected chi connectivity index (χ1v) is 8.15. The molecule has 4 nitrogen and oxygen atoms in total. The fraction of sp³-hybridized carbons (Fsp3) is 0.600. The lowest BCUT2D eigenvalue weighted by Gasteiger charge is -2.45. The topological polar surface area (TPSA) is 50.5 Å². The molecule has 1 fully saturated rings. The van der Waals surface area contributed by atoms with Crippen LogP contribution in [-0.2, 0) is 11.2 Å². The maximum atomic E-state index is 5.83. The van der Waals surface area contributed by atoms with Gasteiger partial charge in [0.2, 0.25) is 0 Å². The molecule has 0 saturated carbocycles. The van der Waals surface area contributed by atoms with Crippen molar-refractivity contribution in [1.82, 2.24) is 10.3 Å². The van der Waals surface area contributed by atoms with Crippen LogP contribution < -0.4 is 11.3 Å². The molecule has 0 spiro atoms. The summed E-state index contributed by atoms with van der Waals surface area (Å²) in [7, 11) is 0. The van der Waals surface area contributed by atoms with Crippen LogP contribution in [0.15, 0.2) is 24.3 Å². The van der Waals surface area contributed by atoms with Gasteiger partial charge in [-0.1, -0.05) is 12.1 Å². The van der Waals surface area contributed by atoms with Crippen LogP contribution >= 0.6 is 22.6 Å². The second-order valence-electron chi connectivity index (χ2n) is 5.80. The molecule has 5 heteroatoms. The summed E-state index contributed by atoms with van der Waals surface area (Å²) in [6.07, 6.45) is 0.928. The van der Waals surface area contributed by atoms with Crippen LogP contribution in [-0.4, -0.2) is 42.8 Å². The zero-order valence-corrected chi connectivity index (χ0v) is 14.4. The molecule has 0 bridgehead atoms. The number of nitrogens with two attached hydrogens (primary N) is 1. The number of rotatable bonds is 5. The third kappa shape index (κ3) is 3.92. The van der Waals surface area contributed by atoms with Crippen molar-refractivity contribution >= 4 is 22.6 Å². The Labute approximate surface area is 135 Å². The van der Waals surface area contributed by atoms with Crippen LogP contribution in [0.5, 0.6) is 0 Å². The van der Waals surface area contributed by atoms with E-state index in [0.717, 1.165) is 32.7 Å². The first kappa shape index (κ1) is 16.2. The number of morpholine rings is 1. The molecule has 1 aromatic carbocycles. The summed E-state index contributed by atoms with van der Waals surface area (Å²) in [5.74, 6) is 5.83. The second-order valence-corrected chi connectivity index (χ2v) is 7.05. The SMILES string of the molecule is CC(C)(C(Cc1ccc(I)cc1)NN)N1CCOCC1. The first-order chi connectivity index (χ1) is 9.54. The number of benzene rings is 1. The van der Waals surface area contributed by atoms with Crippen LogP contribution in [0.1, 0.15) is 19.4 Å². The largest absolute Gasteiger partial charge is 0.379 e. The summed E-state index contributed by atoms with van der Waals surface area (Å²) < 4.78 is 6.71. The molecule has 1 saturated heterocycles. The Hall–Kier alpha value is -0.210. The summed E-state index contributed by atoms with van der Waals surface area (Å²) in [4.78, 5) is 2.47. The smallest absolute Gasteiger partial charge is 0.0594 e. The second kappa shape index (κ2) is 7.17. The molecule has 2 rings (SSSR count). The molecule has 0 amide bonds. The van der Waals surface area contributed by atoms with Gasteiger partial charge in [0, 0.05) is 28.2 Å². The highest BCUT2D eigenvalue weighted by Crippen LogP contribution is 2.23. The van der Waals surface area contributed by atoms with E-state index in [2.05, 4.69) is 71.0 Å². The van der Waals surface area contributed by atoms with Gasteiger partial charge in [0.05, 0.1) is 13.2 Å². The highest BCUT2D eigenvalue weighted by atomic mass is 127. The maximum Gasteiger partial charge on any atom is 0.0594 e. The van der Waals surface area contributed by atoms with Crippen molar-refractivity contribution in [2.45, 2.75) is 31.8 Å². The lowest BCUT2D eigenvalue weighted by atomic mass is 9.87. The fourth-order valence-corrected chi connectivity index (χ4v) is 3.09. The Morgan fingerprint density at radius 3 is 2.45 bits per heavy atom. The molecule has 112 valence electrons. The van der Waals surface area contributed by atoms with E-state index in [1.54, 1.807) is 0 Å². The minimum absolute atomic E-state index is 0.00151. The minimum Gasteiger partial charge on any atom is -0.379 e. The number of hydrazine groups is 1. The van der Waals surface area contributed by atoms with Crippen LogP contribution in [0, 0.1) is 3.57 Å². The van der Waals surface area contributed by atoms with Crippen LogP contribution in [0.25, 0.3) is 0 Å². The van der Waals surface area contributed by atoms with E-state index in [-0.39, 0.29) is 11.6 Å². The summed E-state index contributed by atoms with van der Waals surface area (Å²) in [5, 5.41) is 0. The predicted molar refractivity (Wildman–Crippen MR) is 90.4 cm³/mol. The van der Waals surface area contributed by atoms with Crippen molar-refractivity contribution in [2.24, 2.45) is 5.84 Å². The summed E-state index contributed by atoms with van der Waals surface area (Å²) >= 11 is 2.33. The van der Waals surface area contributed by atoms with Gasteiger partial charge in [-0.25, -0.2) is 0 Å². The van der Waals surface area contributed by atoms with Gasteiger partial charge in [0.15, 0.2) is 0 Å². The Morgan fingerprint density at radius 1 is 1.30 bits per heavy atom. The third-order valence-corrected chi connectivity index (χ3v) is 4.95. The van der Waals surface area contributed by atoms with Crippen molar-refractivity contribution in [3.05, 3.63) is 33.4 Å². The first-order valence-electron chi connectivity index (χ1n) is 7.07. The number of ether oxygens (including phenoxy) is 1. The van der Waals surface area contributed by atoms with E-state index in [4.69, 9.17) is 10.6 Å². The molecule has 1 atom stereocenters. The number of nitrogens with zero attached hydrogens (tertiary/aromatic N) is 1. The van der Waals surface area contributed by atoms with E-state index in [0.29, 0.717) is 0 Å². The highest BCUT2D eigenvalue weighted by molar-refractivity contribution is 14.1. The van der Waals surface area contributed by atoms with Crippen LogP contribution in [0.4, 0.5) is 0 Å². The Kier molecular flexibility index (Phi) is 5.80. The molecule has 0 radical (unpaired) electrons. The average Bonchev–Trinajstić information content (AvgIpc) is 2.47. The molecule has 1 aromatic rings. The van der Waals surface area contributed by atoms with Crippen LogP contribution in [0.2, 0.25) is 0 Å². The molecule has 0 aromatic heterocycles. The van der Waals surface area contributed by atoms with E-state index in [9.17, 15) is 0 Å². The zero-order chi connectivity index (χ0) is 14.6. The van der Waals surface area contributed by atoms with Crippen molar-refractivity contribution in [1.29, 1.82) is 0 Å². The van der Waals surface area contributed by atoms with Crippen molar-refractivity contribution in [3.63, 3.8) is 0 Å². The van der Waals surface area contributed by atoms with Gasteiger partial charge >= 0.3 is 0 Å². The van der Waals surface area contributed by atoms with Crippen molar-refractivity contribution < 1.29 is 4.74 Å². The van der Waals surface area contributed by atoms with Gasteiger partial charge in [0.25, 0.3) is 0 Å².